The summed E-state index contributed by atoms with van der Waals surface area (Å²) in [5.74, 6) is 0.815. The van der Waals surface area contributed by atoms with Gasteiger partial charge < -0.3 is 0 Å². The summed E-state index contributed by atoms with van der Waals surface area (Å²) in [5, 5.41) is 0. The molecule has 0 radical (unpaired) electrons. The zero-order valence-corrected chi connectivity index (χ0v) is 9.34. The van der Waals surface area contributed by atoms with E-state index in [4.69, 9.17) is 0 Å². The molecule has 2 fully saturated rings. The van der Waals surface area contributed by atoms with Crippen molar-refractivity contribution < 1.29 is 0 Å². The van der Waals surface area contributed by atoms with Crippen LogP contribution >= 0.6 is 0 Å². The lowest BCUT2D eigenvalue weighted by molar-refractivity contribution is 0.116. The quantitative estimate of drug-likeness (QED) is 0.633. The lowest BCUT2D eigenvalue weighted by Crippen LogP contribution is -2.39. The second kappa shape index (κ2) is 3.27. The van der Waals surface area contributed by atoms with Crippen molar-refractivity contribution in [1.82, 2.24) is 4.90 Å². The minimum atomic E-state index is 0.781. The standard InChI is InChI=1S/C12H23N/c1-10(2)11(3)13-8-7-12(9-13)5-4-6-12/h10-11H,4-9H2,1-3H3. The Kier molecular flexibility index (Phi) is 2.39. The van der Waals surface area contributed by atoms with E-state index in [1.54, 1.807) is 0 Å². The molecule has 0 amide bonds. The third-order valence-electron chi connectivity index (χ3n) is 4.42. The molecule has 1 heterocycles. The van der Waals surface area contributed by atoms with E-state index in [0.29, 0.717) is 0 Å². The highest BCUT2D eigenvalue weighted by Gasteiger charge is 2.43. The maximum absolute atomic E-state index is 2.71. The van der Waals surface area contributed by atoms with Crippen molar-refractivity contribution in [2.45, 2.75) is 52.5 Å². The minimum Gasteiger partial charge on any atom is -0.300 e. The van der Waals surface area contributed by atoms with Crippen LogP contribution in [0.4, 0.5) is 0 Å². The van der Waals surface area contributed by atoms with Gasteiger partial charge in [-0.05, 0) is 44.1 Å². The van der Waals surface area contributed by atoms with Gasteiger partial charge in [0.05, 0.1) is 0 Å². The molecule has 13 heavy (non-hydrogen) atoms. The van der Waals surface area contributed by atoms with Gasteiger partial charge in [-0.25, -0.2) is 0 Å². The maximum atomic E-state index is 2.71. The van der Waals surface area contributed by atoms with E-state index in [-0.39, 0.29) is 0 Å². The molecule has 1 spiro atoms. The Balaban J connectivity index is 1.90. The smallest absolute Gasteiger partial charge is 0.00901 e. The third kappa shape index (κ3) is 1.63. The van der Waals surface area contributed by atoms with Crippen LogP contribution in [0, 0.1) is 11.3 Å². The second-order valence-electron chi connectivity index (χ2n) is 5.56. The zero-order valence-electron chi connectivity index (χ0n) is 9.34. The Labute approximate surface area is 82.5 Å². The van der Waals surface area contributed by atoms with Crippen molar-refractivity contribution in [1.29, 1.82) is 0 Å². The Bertz CT molecular complexity index is 182. The first kappa shape index (κ1) is 9.51. The Morgan fingerprint density at radius 2 is 1.77 bits per heavy atom. The van der Waals surface area contributed by atoms with Gasteiger partial charge in [0.25, 0.3) is 0 Å². The van der Waals surface area contributed by atoms with Crippen LogP contribution in [0.25, 0.3) is 0 Å². The molecule has 1 saturated heterocycles. The third-order valence-corrected chi connectivity index (χ3v) is 4.42. The molecule has 2 rings (SSSR count). The van der Waals surface area contributed by atoms with Crippen molar-refractivity contribution in [3.8, 4) is 0 Å². The van der Waals surface area contributed by atoms with E-state index in [9.17, 15) is 0 Å². The van der Waals surface area contributed by atoms with Gasteiger partial charge in [-0.3, -0.25) is 4.90 Å². The average molecular weight is 181 g/mol. The summed E-state index contributed by atoms with van der Waals surface area (Å²) >= 11 is 0. The van der Waals surface area contributed by atoms with E-state index >= 15 is 0 Å². The van der Waals surface area contributed by atoms with E-state index in [1.807, 2.05) is 0 Å². The number of hydrogen-bond donors (Lipinski definition) is 0. The van der Waals surface area contributed by atoms with Gasteiger partial charge in [0.2, 0.25) is 0 Å². The number of likely N-dealkylation sites (tertiary alicyclic amines) is 1. The fourth-order valence-corrected chi connectivity index (χ4v) is 2.82. The first-order chi connectivity index (χ1) is 6.13. The molecule has 2 aliphatic rings. The lowest BCUT2D eigenvalue weighted by atomic mass is 9.68. The second-order valence-corrected chi connectivity index (χ2v) is 5.56. The molecule has 1 aliphatic heterocycles. The number of rotatable bonds is 2. The fraction of sp³-hybridized carbons (Fsp3) is 1.00. The van der Waals surface area contributed by atoms with Crippen LogP contribution in [0.3, 0.4) is 0 Å². The van der Waals surface area contributed by atoms with Crippen molar-refractivity contribution in [2.75, 3.05) is 13.1 Å². The summed E-state index contributed by atoms with van der Waals surface area (Å²) in [4.78, 5) is 2.71. The summed E-state index contributed by atoms with van der Waals surface area (Å²) in [5.41, 5.74) is 0.781. The number of nitrogens with zero attached hydrogens (tertiary/aromatic N) is 1. The monoisotopic (exact) mass is 181 g/mol. The van der Waals surface area contributed by atoms with Gasteiger partial charge in [-0.2, -0.15) is 0 Å². The van der Waals surface area contributed by atoms with Gasteiger partial charge in [0.15, 0.2) is 0 Å². The Hall–Kier alpha value is -0.0400. The molecular weight excluding hydrogens is 158 g/mol. The molecule has 76 valence electrons. The molecule has 1 heteroatoms. The van der Waals surface area contributed by atoms with Crippen LogP contribution in [0.2, 0.25) is 0 Å². The molecule has 1 nitrogen and oxygen atoms in total. The number of hydrogen-bond acceptors (Lipinski definition) is 1. The van der Waals surface area contributed by atoms with E-state index in [1.165, 1.54) is 38.8 Å². The molecule has 1 unspecified atom stereocenters. The van der Waals surface area contributed by atoms with E-state index < -0.39 is 0 Å². The molecule has 0 aromatic rings. The summed E-state index contributed by atoms with van der Waals surface area (Å²) in [6.07, 6.45) is 5.98. The first-order valence-electron chi connectivity index (χ1n) is 5.87. The highest BCUT2D eigenvalue weighted by molar-refractivity contribution is 4.97. The van der Waals surface area contributed by atoms with Crippen LogP contribution in [-0.2, 0) is 0 Å². The molecular formula is C12H23N. The summed E-state index contributed by atoms with van der Waals surface area (Å²) < 4.78 is 0. The first-order valence-corrected chi connectivity index (χ1v) is 5.87. The normalized spacial score (nSPS) is 29.5. The van der Waals surface area contributed by atoms with Crippen LogP contribution in [0.5, 0.6) is 0 Å². The largest absolute Gasteiger partial charge is 0.300 e. The summed E-state index contributed by atoms with van der Waals surface area (Å²) in [6.45, 7) is 9.83. The topological polar surface area (TPSA) is 3.24 Å². The predicted molar refractivity (Wildman–Crippen MR) is 56.8 cm³/mol. The van der Waals surface area contributed by atoms with Gasteiger partial charge in [0, 0.05) is 12.6 Å². The van der Waals surface area contributed by atoms with Gasteiger partial charge in [-0.1, -0.05) is 20.3 Å². The zero-order chi connectivity index (χ0) is 9.47. The van der Waals surface area contributed by atoms with Crippen molar-refractivity contribution >= 4 is 0 Å². The van der Waals surface area contributed by atoms with Crippen molar-refractivity contribution in [3.05, 3.63) is 0 Å². The lowest BCUT2D eigenvalue weighted by Gasteiger charge is -2.39. The molecule has 1 saturated carbocycles. The van der Waals surface area contributed by atoms with Gasteiger partial charge in [0.1, 0.15) is 0 Å². The van der Waals surface area contributed by atoms with Gasteiger partial charge >= 0.3 is 0 Å². The SMILES string of the molecule is CC(C)C(C)N1CCC2(CCC2)C1. The van der Waals surface area contributed by atoms with E-state index in [0.717, 1.165) is 17.4 Å². The summed E-state index contributed by atoms with van der Waals surface area (Å²) in [7, 11) is 0. The predicted octanol–water partition coefficient (Wildman–Crippen LogP) is 2.91. The highest BCUT2D eigenvalue weighted by Crippen LogP contribution is 2.48. The van der Waals surface area contributed by atoms with E-state index in [2.05, 4.69) is 25.7 Å². The van der Waals surface area contributed by atoms with Crippen LogP contribution in [0.15, 0.2) is 0 Å². The maximum Gasteiger partial charge on any atom is 0.00901 e. The molecule has 1 atom stereocenters. The molecule has 0 bridgehead atoms. The Morgan fingerprint density at radius 3 is 2.15 bits per heavy atom. The summed E-state index contributed by atoms with van der Waals surface area (Å²) in [6, 6.07) is 0.792. The molecule has 0 N–H and O–H groups in total. The fourth-order valence-electron chi connectivity index (χ4n) is 2.82. The van der Waals surface area contributed by atoms with Crippen molar-refractivity contribution in [3.63, 3.8) is 0 Å². The van der Waals surface area contributed by atoms with Crippen LogP contribution in [0.1, 0.15) is 46.5 Å². The molecule has 0 aromatic heterocycles. The van der Waals surface area contributed by atoms with Gasteiger partial charge in [-0.15, -0.1) is 0 Å². The van der Waals surface area contributed by atoms with Crippen LogP contribution in [-0.4, -0.2) is 24.0 Å². The van der Waals surface area contributed by atoms with Crippen molar-refractivity contribution in [2.24, 2.45) is 11.3 Å². The molecule has 1 aliphatic carbocycles. The highest BCUT2D eigenvalue weighted by atomic mass is 15.2. The minimum absolute atomic E-state index is 0.781. The van der Waals surface area contributed by atoms with Crippen LogP contribution < -0.4 is 0 Å². The average Bonchev–Trinajstić information content (AvgIpc) is 2.45. The Morgan fingerprint density at radius 1 is 1.08 bits per heavy atom. The molecule has 0 aromatic carbocycles.